The van der Waals surface area contributed by atoms with Crippen LogP contribution in [0.2, 0.25) is 0 Å². The minimum Gasteiger partial charge on any atom is -0.390 e. The van der Waals surface area contributed by atoms with Gasteiger partial charge in [-0.1, -0.05) is 39.8 Å². The molecule has 4 aliphatic rings. The maximum Gasteiger partial charge on any atom is 0.159 e. The molecule has 0 unspecified atom stereocenters. The van der Waals surface area contributed by atoms with Crippen LogP contribution >= 0.6 is 0 Å². The SMILES string of the molecule is C=C(C[C@@H](O)[C@](C)(O)[C@H]1CC[C@@]2(O)C3=CC(=O)[C@@H]4C[C@@H](O)[C@@H](O)C[C@]4(C)[C@H]3CC[C@]12C)C(C)C. The Kier molecular flexibility index (Phi) is 6.31. The van der Waals surface area contributed by atoms with Crippen molar-refractivity contribution in [3.05, 3.63) is 23.8 Å². The molecule has 0 aromatic carbocycles. The quantitative estimate of drug-likeness (QED) is 0.390. The molecule has 5 N–H and O–H groups in total. The van der Waals surface area contributed by atoms with Crippen molar-refractivity contribution < 1.29 is 30.3 Å². The first-order chi connectivity index (χ1) is 15.6. The summed E-state index contributed by atoms with van der Waals surface area (Å²) >= 11 is 0. The van der Waals surface area contributed by atoms with Gasteiger partial charge in [0.15, 0.2) is 5.78 Å². The fourth-order valence-corrected chi connectivity index (χ4v) is 8.23. The first-order valence-corrected chi connectivity index (χ1v) is 13.0. The third-order valence-electron chi connectivity index (χ3n) is 10.8. The van der Waals surface area contributed by atoms with Crippen LogP contribution in [0.25, 0.3) is 0 Å². The summed E-state index contributed by atoms with van der Waals surface area (Å²) in [6, 6.07) is 0. The topological polar surface area (TPSA) is 118 Å². The van der Waals surface area contributed by atoms with E-state index in [1.165, 1.54) is 0 Å². The number of rotatable bonds is 5. The van der Waals surface area contributed by atoms with Gasteiger partial charge >= 0.3 is 0 Å². The van der Waals surface area contributed by atoms with Crippen LogP contribution < -0.4 is 0 Å². The van der Waals surface area contributed by atoms with Crippen LogP contribution in [-0.2, 0) is 4.79 Å². The number of carbonyl (C=O) groups is 1. The second-order valence-electron chi connectivity index (χ2n) is 12.9. The molecule has 3 fully saturated rings. The molecule has 0 bridgehead atoms. The predicted molar refractivity (Wildman–Crippen MR) is 130 cm³/mol. The van der Waals surface area contributed by atoms with Gasteiger partial charge < -0.3 is 25.5 Å². The standard InChI is InChI=1S/C28H44O6/c1-15(2)16(3)11-24(32)27(6,33)23-8-10-28(34)18-12-20(29)19-13-21(30)22(31)14-25(19,4)17(18)7-9-26(23,28)5/h12,15,17,19,21-24,30-34H,3,7-11,13-14H2,1-2,4-6H3/t17-,19-,21+,22-,23-,24+,25+,26+,27+,28+/m0/s1. The Morgan fingerprint density at radius 3 is 2.44 bits per heavy atom. The van der Waals surface area contributed by atoms with E-state index < -0.39 is 40.3 Å². The van der Waals surface area contributed by atoms with Gasteiger partial charge in [0.2, 0.25) is 0 Å². The summed E-state index contributed by atoms with van der Waals surface area (Å²) in [4.78, 5) is 13.3. The monoisotopic (exact) mass is 476 g/mol. The van der Waals surface area contributed by atoms with Crippen molar-refractivity contribution in [2.24, 2.45) is 34.5 Å². The summed E-state index contributed by atoms with van der Waals surface area (Å²) < 4.78 is 0. The van der Waals surface area contributed by atoms with Gasteiger partial charge in [-0.15, -0.1) is 0 Å². The number of aliphatic hydroxyl groups is 5. The molecular formula is C28H44O6. The largest absolute Gasteiger partial charge is 0.390 e. The molecule has 6 heteroatoms. The van der Waals surface area contributed by atoms with Crippen molar-refractivity contribution in [2.75, 3.05) is 0 Å². The zero-order valence-electron chi connectivity index (χ0n) is 21.4. The molecule has 192 valence electrons. The van der Waals surface area contributed by atoms with E-state index in [2.05, 4.69) is 6.58 Å². The van der Waals surface area contributed by atoms with Crippen LogP contribution in [0.1, 0.15) is 79.6 Å². The van der Waals surface area contributed by atoms with Crippen LogP contribution in [0.15, 0.2) is 23.8 Å². The number of carbonyl (C=O) groups excluding carboxylic acids is 1. The number of hydrogen-bond acceptors (Lipinski definition) is 6. The Morgan fingerprint density at radius 1 is 1.18 bits per heavy atom. The Hall–Kier alpha value is -1.05. The Labute approximate surface area is 203 Å². The van der Waals surface area contributed by atoms with Gasteiger partial charge in [-0.05, 0) is 86.7 Å². The number of ketones is 1. The molecule has 0 amide bonds. The second-order valence-corrected chi connectivity index (χ2v) is 12.9. The van der Waals surface area contributed by atoms with Gasteiger partial charge in [0.05, 0.1) is 29.5 Å². The zero-order valence-corrected chi connectivity index (χ0v) is 21.4. The van der Waals surface area contributed by atoms with Crippen molar-refractivity contribution in [3.8, 4) is 0 Å². The van der Waals surface area contributed by atoms with Gasteiger partial charge in [-0.3, -0.25) is 4.79 Å². The Bertz CT molecular complexity index is 891. The van der Waals surface area contributed by atoms with E-state index in [1.807, 2.05) is 27.7 Å². The van der Waals surface area contributed by atoms with Crippen molar-refractivity contribution in [2.45, 2.75) is 109 Å². The molecule has 0 aromatic rings. The maximum absolute atomic E-state index is 13.3. The van der Waals surface area contributed by atoms with Gasteiger partial charge in [-0.2, -0.15) is 0 Å². The molecule has 34 heavy (non-hydrogen) atoms. The maximum atomic E-state index is 13.3. The summed E-state index contributed by atoms with van der Waals surface area (Å²) in [7, 11) is 0. The van der Waals surface area contributed by atoms with Gasteiger partial charge in [-0.25, -0.2) is 0 Å². The van der Waals surface area contributed by atoms with Crippen LogP contribution in [0, 0.1) is 34.5 Å². The highest BCUT2D eigenvalue weighted by molar-refractivity contribution is 5.95. The molecule has 4 aliphatic carbocycles. The first kappa shape index (κ1) is 26.0. The lowest BCUT2D eigenvalue weighted by Gasteiger charge is -2.60. The van der Waals surface area contributed by atoms with Crippen molar-refractivity contribution in [3.63, 3.8) is 0 Å². The van der Waals surface area contributed by atoms with E-state index in [4.69, 9.17) is 0 Å². The molecule has 4 rings (SSSR count). The van der Waals surface area contributed by atoms with Crippen LogP contribution in [-0.4, -0.2) is 60.8 Å². The summed E-state index contributed by atoms with van der Waals surface area (Å²) in [5.74, 6) is -0.656. The summed E-state index contributed by atoms with van der Waals surface area (Å²) in [6.07, 6.45) is 2.07. The van der Waals surface area contributed by atoms with Crippen molar-refractivity contribution in [1.82, 2.24) is 0 Å². The van der Waals surface area contributed by atoms with Crippen LogP contribution in [0.4, 0.5) is 0 Å². The average molecular weight is 477 g/mol. The van der Waals surface area contributed by atoms with Crippen molar-refractivity contribution in [1.29, 1.82) is 0 Å². The summed E-state index contributed by atoms with van der Waals surface area (Å²) in [5, 5.41) is 55.6. The third-order valence-corrected chi connectivity index (χ3v) is 10.8. The van der Waals surface area contributed by atoms with E-state index in [9.17, 15) is 30.3 Å². The normalized spacial score (nSPS) is 46.7. The number of allylic oxidation sites excluding steroid dienone is 1. The number of aliphatic hydroxyl groups excluding tert-OH is 3. The second kappa shape index (κ2) is 8.24. The lowest BCUT2D eigenvalue weighted by molar-refractivity contribution is -0.175. The zero-order chi connectivity index (χ0) is 25.4. The van der Waals surface area contributed by atoms with E-state index >= 15 is 0 Å². The Balaban J connectivity index is 1.68. The predicted octanol–water partition coefficient (Wildman–Crippen LogP) is 2.91. The fraction of sp³-hybridized carbons (Fsp3) is 0.821. The van der Waals surface area contributed by atoms with Crippen LogP contribution in [0.5, 0.6) is 0 Å². The average Bonchev–Trinajstić information content (AvgIpc) is 3.02. The summed E-state index contributed by atoms with van der Waals surface area (Å²) in [6.45, 7) is 13.8. The Morgan fingerprint density at radius 2 is 1.82 bits per heavy atom. The molecule has 0 saturated heterocycles. The molecule has 0 aromatic heterocycles. The molecule has 3 saturated carbocycles. The fourth-order valence-electron chi connectivity index (χ4n) is 8.23. The molecule has 0 spiro atoms. The van der Waals surface area contributed by atoms with E-state index in [1.54, 1.807) is 13.0 Å². The number of hydrogen-bond donors (Lipinski definition) is 5. The van der Waals surface area contributed by atoms with E-state index in [-0.39, 0.29) is 35.9 Å². The van der Waals surface area contributed by atoms with E-state index in [0.29, 0.717) is 32.1 Å². The van der Waals surface area contributed by atoms with Gasteiger partial charge in [0, 0.05) is 11.3 Å². The van der Waals surface area contributed by atoms with Crippen LogP contribution in [0.3, 0.4) is 0 Å². The summed E-state index contributed by atoms with van der Waals surface area (Å²) in [5.41, 5.74) is -2.29. The molecule has 6 nitrogen and oxygen atoms in total. The highest BCUT2D eigenvalue weighted by Crippen LogP contribution is 2.68. The highest BCUT2D eigenvalue weighted by Gasteiger charge is 2.69. The molecule has 0 heterocycles. The smallest absolute Gasteiger partial charge is 0.159 e. The molecule has 0 radical (unpaired) electrons. The lowest BCUT2D eigenvalue weighted by atomic mass is 9.45. The minimum atomic E-state index is -1.42. The minimum absolute atomic E-state index is 0.0650. The van der Waals surface area contributed by atoms with E-state index in [0.717, 1.165) is 17.6 Å². The highest BCUT2D eigenvalue weighted by atomic mass is 16.3. The van der Waals surface area contributed by atoms with Crippen molar-refractivity contribution >= 4 is 5.78 Å². The molecule has 0 aliphatic heterocycles. The van der Waals surface area contributed by atoms with Gasteiger partial charge in [0.1, 0.15) is 0 Å². The lowest BCUT2D eigenvalue weighted by Crippen LogP contribution is -2.62. The van der Waals surface area contributed by atoms with Gasteiger partial charge in [0.25, 0.3) is 0 Å². The molecular weight excluding hydrogens is 432 g/mol. The third kappa shape index (κ3) is 3.51. The molecule has 10 atom stereocenters. The number of fused-ring (bicyclic) bond motifs is 5. The first-order valence-electron chi connectivity index (χ1n) is 13.0.